The summed E-state index contributed by atoms with van der Waals surface area (Å²) < 4.78 is 11.5. The highest BCUT2D eigenvalue weighted by molar-refractivity contribution is 5.98. The molecule has 0 atom stereocenters. The summed E-state index contributed by atoms with van der Waals surface area (Å²) in [6.45, 7) is 4.47. The van der Waals surface area contributed by atoms with Crippen LogP contribution in [0.5, 0.6) is 5.75 Å². The van der Waals surface area contributed by atoms with Crippen molar-refractivity contribution >= 4 is 11.6 Å². The van der Waals surface area contributed by atoms with Crippen LogP contribution in [0.15, 0.2) is 67.3 Å². The van der Waals surface area contributed by atoms with Gasteiger partial charge in [0.1, 0.15) is 5.75 Å². The summed E-state index contributed by atoms with van der Waals surface area (Å²) in [5.41, 5.74) is 1.30. The topological polar surface area (TPSA) is 47.6 Å². The van der Waals surface area contributed by atoms with Crippen LogP contribution in [0.25, 0.3) is 0 Å². The highest BCUT2D eigenvalue weighted by atomic mass is 16.6. The molecule has 1 heterocycles. The molecule has 0 saturated carbocycles. The van der Waals surface area contributed by atoms with E-state index in [1.165, 1.54) is 6.08 Å². The standard InChI is InChI=1S/C18H17NO3/c1-2-17(20)19-15-9-6-10-16(11-15)22-18(12-21-13-18)14-7-4-3-5-8-14/h2-11H,1,12-13H2,(H,19,20). The van der Waals surface area contributed by atoms with Crippen molar-refractivity contribution in [2.24, 2.45) is 0 Å². The fraction of sp³-hybridized carbons (Fsp3) is 0.167. The summed E-state index contributed by atoms with van der Waals surface area (Å²) in [6, 6.07) is 17.3. The number of rotatable bonds is 5. The van der Waals surface area contributed by atoms with Gasteiger partial charge >= 0.3 is 0 Å². The van der Waals surface area contributed by atoms with E-state index in [1.54, 1.807) is 12.1 Å². The summed E-state index contributed by atoms with van der Waals surface area (Å²) in [6.07, 6.45) is 1.23. The first-order chi connectivity index (χ1) is 10.7. The van der Waals surface area contributed by atoms with Crippen LogP contribution in [-0.4, -0.2) is 19.1 Å². The Morgan fingerprint density at radius 1 is 1.18 bits per heavy atom. The first-order valence-corrected chi connectivity index (χ1v) is 7.08. The van der Waals surface area contributed by atoms with Crippen LogP contribution >= 0.6 is 0 Å². The summed E-state index contributed by atoms with van der Waals surface area (Å²) in [4.78, 5) is 11.4. The molecule has 0 radical (unpaired) electrons. The van der Waals surface area contributed by atoms with Gasteiger partial charge in [-0.05, 0) is 18.2 Å². The smallest absolute Gasteiger partial charge is 0.247 e. The molecule has 0 aliphatic carbocycles. The van der Waals surface area contributed by atoms with Crippen LogP contribution in [0, 0.1) is 0 Å². The predicted octanol–water partition coefficient (Wildman–Crippen LogP) is 3.12. The van der Waals surface area contributed by atoms with Crippen LogP contribution in [0.1, 0.15) is 5.56 Å². The van der Waals surface area contributed by atoms with E-state index in [0.717, 1.165) is 5.56 Å². The van der Waals surface area contributed by atoms with Crippen LogP contribution in [0.2, 0.25) is 0 Å². The van der Waals surface area contributed by atoms with Crippen molar-refractivity contribution in [1.29, 1.82) is 0 Å². The Morgan fingerprint density at radius 2 is 1.95 bits per heavy atom. The van der Waals surface area contributed by atoms with E-state index in [-0.39, 0.29) is 5.91 Å². The third kappa shape index (κ3) is 2.87. The molecule has 0 spiro atoms. The van der Waals surface area contributed by atoms with Gasteiger partial charge < -0.3 is 14.8 Å². The van der Waals surface area contributed by atoms with Crippen molar-refractivity contribution in [3.05, 3.63) is 72.8 Å². The Labute approximate surface area is 129 Å². The van der Waals surface area contributed by atoms with Crippen molar-refractivity contribution in [3.8, 4) is 5.75 Å². The average Bonchev–Trinajstić information content (AvgIpc) is 2.52. The van der Waals surface area contributed by atoms with E-state index in [1.807, 2.05) is 42.5 Å². The van der Waals surface area contributed by atoms with Gasteiger partial charge in [0.25, 0.3) is 0 Å². The molecule has 4 nitrogen and oxygen atoms in total. The molecule has 1 saturated heterocycles. The number of nitrogens with one attached hydrogen (secondary N) is 1. The highest BCUT2D eigenvalue weighted by Gasteiger charge is 2.43. The monoisotopic (exact) mass is 295 g/mol. The van der Waals surface area contributed by atoms with Crippen LogP contribution in [-0.2, 0) is 15.1 Å². The molecule has 1 N–H and O–H groups in total. The van der Waals surface area contributed by atoms with Gasteiger partial charge in [-0.1, -0.05) is 43.0 Å². The number of ether oxygens (including phenoxy) is 2. The normalized spacial score (nSPS) is 15.5. The number of carbonyl (C=O) groups excluding carboxylic acids is 1. The first kappa shape index (κ1) is 14.4. The molecule has 2 aromatic carbocycles. The number of amides is 1. The molecule has 4 heteroatoms. The van der Waals surface area contributed by atoms with Crippen LogP contribution in [0.4, 0.5) is 5.69 Å². The maximum absolute atomic E-state index is 11.4. The van der Waals surface area contributed by atoms with E-state index in [0.29, 0.717) is 24.7 Å². The van der Waals surface area contributed by atoms with E-state index in [2.05, 4.69) is 11.9 Å². The van der Waals surface area contributed by atoms with Crippen molar-refractivity contribution in [1.82, 2.24) is 0 Å². The van der Waals surface area contributed by atoms with Crippen molar-refractivity contribution in [2.45, 2.75) is 5.60 Å². The van der Waals surface area contributed by atoms with Gasteiger partial charge in [-0.25, -0.2) is 0 Å². The van der Waals surface area contributed by atoms with Gasteiger partial charge in [-0.2, -0.15) is 0 Å². The Balaban J connectivity index is 1.81. The average molecular weight is 295 g/mol. The minimum absolute atomic E-state index is 0.248. The lowest BCUT2D eigenvalue weighted by atomic mass is 9.91. The quantitative estimate of drug-likeness (QED) is 0.862. The third-order valence-corrected chi connectivity index (χ3v) is 3.57. The van der Waals surface area contributed by atoms with Crippen molar-refractivity contribution in [3.63, 3.8) is 0 Å². The molecule has 112 valence electrons. The van der Waals surface area contributed by atoms with E-state index < -0.39 is 5.60 Å². The van der Waals surface area contributed by atoms with Gasteiger partial charge in [0.05, 0.1) is 13.2 Å². The second kappa shape index (κ2) is 6.03. The second-order valence-corrected chi connectivity index (χ2v) is 5.18. The molecule has 1 fully saturated rings. The zero-order valence-electron chi connectivity index (χ0n) is 12.1. The zero-order valence-corrected chi connectivity index (χ0v) is 12.1. The van der Waals surface area contributed by atoms with Gasteiger partial charge in [-0.3, -0.25) is 4.79 Å². The molecule has 0 unspecified atom stereocenters. The minimum atomic E-state index is -0.456. The number of anilines is 1. The van der Waals surface area contributed by atoms with E-state index in [9.17, 15) is 4.79 Å². The lowest BCUT2D eigenvalue weighted by Gasteiger charge is -2.41. The highest BCUT2D eigenvalue weighted by Crippen LogP contribution is 2.35. The molecular weight excluding hydrogens is 278 g/mol. The van der Waals surface area contributed by atoms with E-state index in [4.69, 9.17) is 9.47 Å². The molecule has 0 bridgehead atoms. The van der Waals surface area contributed by atoms with Crippen molar-refractivity contribution < 1.29 is 14.3 Å². The lowest BCUT2D eigenvalue weighted by Crippen LogP contribution is -2.51. The Morgan fingerprint density at radius 3 is 2.59 bits per heavy atom. The molecule has 1 aliphatic rings. The maximum atomic E-state index is 11.4. The Bertz CT molecular complexity index is 678. The number of carbonyl (C=O) groups is 1. The van der Waals surface area contributed by atoms with Gasteiger partial charge in [-0.15, -0.1) is 0 Å². The van der Waals surface area contributed by atoms with E-state index >= 15 is 0 Å². The summed E-state index contributed by atoms with van der Waals surface area (Å²) >= 11 is 0. The molecule has 1 aliphatic heterocycles. The Kier molecular flexibility index (Phi) is 3.94. The number of benzene rings is 2. The SMILES string of the molecule is C=CC(=O)Nc1cccc(OC2(c3ccccc3)COC2)c1. The Hall–Kier alpha value is -2.59. The van der Waals surface area contributed by atoms with Crippen LogP contribution in [0.3, 0.4) is 0 Å². The molecule has 22 heavy (non-hydrogen) atoms. The minimum Gasteiger partial charge on any atom is -0.478 e. The third-order valence-electron chi connectivity index (χ3n) is 3.57. The lowest BCUT2D eigenvalue weighted by molar-refractivity contribution is -0.167. The molecule has 3 rings (SSSR count). The fourth-order valence-corrected chi connectivity index (χ4v) is 2.37. The first-order valence-electron chi connectivity index (χ1n) is 7.08. The summed E-state index contributed by atoms with van der Waals surface area (Å²) in [5.74, 6) is 0.441. The summed E-state index contributed by atoms with van der Waals surface area (Å²) in [5, 5.41) is 2.73. The molecule has 0 aromatic heterocycles. The fourth-order valence-electron chi connectivity index (χ4n) is 2.37. The van der Waals surface area contributed by atoms with Gasteiger partial charge in [0.2, 0.25) is 5.91 Å². The van der Waals surface area contributed by atoms with Crippen molar-refractivity contribution in [2.75, 3.05) is 18.5 Å². The zero-order chi connectivity index (χ0) is 15.4. The van der Waals surface area contributed by atoms with Gasteiger partial charge in [0.15, 0.2) is 5.60 Å². The maximum Gasteiger partial charge on any atom is 0.247 e. The van der Waals surface area contributed by atoms with Gasteiger partial charge in [0, 0.05) is 17.3 Å². The van der Waals surface area contributed by atoms with Crippen LogP contribution < -0.4 is 10.1 Å². The summed E-state index contributed by atoms with van der Waals surface area (Å²) in [7, 11) is 0. The molecule has 1 amide bonds. The molecule has 2 aromatic rings. The molecular formula is C18H17NO3. The predicted molar refractivity (Wildman–Crippen MR) is 84.8 cm³/mol. The number of hydrogen-bond donors (Lipinski definition) is 1. The second-order valence-electron chi connectivity index (χ2n) is 5.18. The number of hydrogen-bond acceptors (Lipinski definition) is 3. The largest absolute Gasteiger partial charge is 0.478 e.